The van der Waals surface area contributed by atoms with E-state index in [1.807, 2.05) is 12.1 Å². The van der Waals surface area contributed by atoms with Crippen molar-refractivity contribution >= 4 is 28.8 Å². The maximum absolute atomic E-state index is 13.1. The molecule has 2 N–H and O–H groups in total. The maximum Gasteiger partial charge on any atom is 0.335 e. The van der Waals surface area contributed by atoms with Crippen molar-refractivity contribution in [1.82, 2.24) is 19.4 Å². The van der Waals surface area contributed by atoms with Crippen LogP contribution in [0.15, 0.2) is 41.2 Å². The highest BCUT2D eigenvalue weighted by Crippen LogP contribution is 2.49. The molecule has 2 aromatic heterocycles. The van der Waals surface area contributed by atoms with Gasteiger partial charge in [0.25, 0.3) is 5.91 Å². The van der Waals surface area contributed by atoms with Crippen molar-refractivity contribution in [3.63, 3.8) is 0 Å². The molecule has 34 heavy (non-hydrogen) atoms. The van der Waals surface area contributed by atoms with Gasteiger partial charge >= 0.3 is 5.69 Å². The van der Waals surface area contributed by atoms with E-state index in [9.17, 15) is 14.7 Å². The van der Waals surface area contributed by atoms with E-state index in [0.717, 1.165) is 6.54 Å². The minimum absolute atomic E-state index is 0.108. The largest absolute Gasteiger partial charge is 0.493 e. The molecule has 4 heterocycles. The van der Waals surface area contributed by atoms with Crippen LogP contribution in [0.4, 0.5) is 0 Å². The van der Waals surface area contributed by atoms with Gasteiger partial charge in [0.2, 0.25) is 5.88 Å². The van der Waals surface area contributed by atoms with E-state index in [1.54, 1.807) is 16.7 Å². The Hall–Kier alpha value is -2.55. The van der Waals surface area contributed by atoms with Crippen molar-refractivity contribution < 1.29 is 9.90 Å². The summed E-state index contributed by atoms with van der Waals surface area (Å²) in [6.45, 7) is 3.93. The molecular formula is C25H27ClN4O3S. The molecular weight excluding hydrogens is 472 g/mol. The Bertz CT molecular complexity index is 1300. The molecule has 0 bridgehead atoms. The molecule has 1 atom stereocenters. The fourth-order valence-corrected chi connectivity index (χ4v) is 6.51. The number of likely N-dealkylation sites (tertiary alicyclic amines) is 1. The van der Waals surface area contributed by atoms with Gasteiger partial charge in [-0.1, -0.05) is 23.7 Å². The van der Waals surface area contributed by atoms with Crippen molar-refractivity contribution in [2.75, 3.05) is 19.6 Å². The van der Waals surface area contributed by atoms with Crippen molar-refractivity contribution in [2.45, 2.75) is 50.1 Å². The van der Waals surface area contributed by atoms with Gasteiger partial charge in [0.15, 0.2) is 0 Å². The second kappa shape index (κ2) is 8.29. The monoisotopic (exact) mass is 498 g/mol. The molecule has 3 aliphatic rings. The summed E-state index contributed by atoms with van der Waals surface area (Å²) in [5.74, 6) is -0.366. The number of fused-ring (bicyclic) bond motifs is 1. The first-order chi connectivity index (χ1) is 16.4. The van der Waals surface area contributed by atoms with Gasteiger partial charge in [0, 0.05) is 18.5 Å². The van der Waals surface area contributed by atoms with E-state index in [4.69, 9.17) is 11.6 Å². The van der Waals surface area contributed by atoms with Crippen molar-refractivity contribution in [3.05, 3.63) is 67.4 Å². The minimum atomic E-state index is -0.434. The third kappa shape index (κ3) is 3.68. The highest BCUT2D eigenvalue weighted by molar-refractivity contribution is 7.18. The number of hydrogen-bond acceptors (Lipinski definition) is 5. The van der Waals surface area contributed by atoms with Gasteiger partial charge < -0.3 is 15.3 Å². The lowest BCUT2D eigenvalue weighted by Gasteiger charge is -2.23. The quantitative estimate of drug-likeness (QED) is 0.537. The second-order valence-corrected chi connectivity index (χ2v) is 11.4. The Morgan fingerprint density at radius 2 is 1.85 bits per heavy atom. The van der Waals surface area contributed by atoms with Crippen molar-refractivity contribution in [1.29, 1.82) is 0 Å². The number of carbonyl (C=O) groups is 1. The molecule has 0 radical (unpaired) electrons. The molecule has 6 rings (SSSR count). The number of amides is 1. The van der Waals surface area contributed by atoms with Gasteiger partial charge in [-0.2, -0.15) is 0 Å². The van der Waals surface area contributed by atoms with E-state index < -0.39 is 6.04 Å². The summed E-state index contributed by atoms with van der Waals surface area (Å²) in [6, 6.07) is 11.0. The number of nitrogens with one attached hydrogen (secondary N) is 1. The summed E-state index contributed by atoms with van der Waals surface area (Å²) in [4.78, 5) is 28.8. The Labute approximate surface area is 206 Å². The standard InChI is InChI=1S/C25H27ClN4O3S/c26-20-8-7-19(34-20)22(31)27-18-9-14-29-21(18)23(32)30(24(29)33)17-5-3-16(4-6-17)25(10-11-25)15-28-12-1-2-13-28/h3-8,18,32H,1-2,9-15H2,(H,27,31)/t18-/m1/s1. The van der Waals surface area contributed by atoms with E-state index in [1.165, 1.54) is 60.2 Å². The number of nitrogens with zero attached hydrogens (tertiary/aromatic N) is 3. The Morgan fingerprint density at radius 3 is 2.50 bits per heavy atom. The number of carbonyl (C=O) groups excluding carboxylic acids is 1. The maximum atomic E-state index is 13.1. The van der Waals surface area contributed by atoms with Crippen LogP contribution in [0.1, 0.15) is 59.1 Å². The van der Waals surface area contributed by atoms with Gasteiger partial charge in [-0.25, -0.2) is 9.36 Å². The summed E-state index contributed by atoms with van der Waals surface area (Å²) in [7, 11) is 0. The van der Waals surface area contributed by atoms with E-state index in [-0.39, 0.29) is 22.9 Å². The zero-order chi connectivity index (χ0) is 23.4. The average molecular weight is 499 g/mol. The smallest absolute Gasteiger partial charge is 0.335 e. The molecule has 9 heteroatoms. The zero-order valence-electron chi connectivity index (χ0n) is 18.8. The summed E-state index contributed by atoms with van der Waals surface area (Å²) in [5.41, 5.74) is 2.35. The van der Waals surface area contributed by atoms with Crippen molar-refractivity contribution in [2.24, 2.45) is 0 Å². The van der Waals surface area contributed by atoms with Crippen LogP contribution in [-0.2, 0) is 12.0 Å². The first-order valence-corrected chi connectivity index (χ1v) is 13.1. The fourth-order valence-electron chi connectivity index (χ4n) is 5.57. The Kier molecular flexibility index (Phi) is 5.35. The third-order valence-electron chi connectivity index (χ3n) is 7.54. The number of imidazole rings is 1. The molecule has 1 aliphatic carbocycles. The number of aromatic hydroxyl groups is 1. The molecule has 0 unspecified atom stereocenters. The summed E-state index contributed by atoms with van der Waals surface area (Å²) in [6.07, 6.45) is 5.54. The van der Waals surface area contributed by atoms with Gasteiger partial charge in [0.05, 0.1) is 20.9 Å². The highest BCUT2D eigenvalue weighted by atomic mass is 35.5. The molecule has 1 amide bonds. The van der Waals surface area contributed by atoms with Gasteiger partial charge in [-0.15, -0.1) is 11.3 Å². The molecule has 7 nitrogen and oxygen atoms in total. The van der Waals surface area contributed by atoms with Crippen LogP contribution in [0.2, 0.25) is 4.34 Å². The minimum Gasteiger partial charge on any atom is -0.493 e. The van der Waals surface area contributed by atoms with Gasteiger partial charge in [-0.05, 0) is 75.0 Å². The molecule has 178 valence electrons. The van der Waals surface area contributed by atoms with Crippen LogP contribution in [0.25, 0.3) is 5.69 Å². The SMILES string of the molecule is O=C(N[C@@H]1CCn2c1c(O)n(-c1ccc(C3(CN4CCCC4)CC3)cc1)c2=O)c1ccc(Cl)s1. The van der Waals surface area contributed by atoms with Crippen LogP contribution < -0.4 is 11.0 Å². The van der Waals surface area contributed by atoms with E-state index >= 15 is 0 Å². The Morgan fingerprint density at radius 1 is 1.12 bits per heavy atom. The normalized spacial score (nSPS) is 21.0. The lowest BCUT2D eigenvalue weighted by atomic mass is 9.95. The molecule has 0 spiro atoms. The lowest BCUT2D eigenvalue weighted by molar-refractivity contribution is 0.0940. The second-order valence-electron chi connectivity index (χ2n) is 9.71. The number of benzene rings is 1. The lowest BCUT2D eigenvalue weighted by Crippen LogP contribution is -2.30. The highest BCUT2D eigenvalue weighted by Gasteiger charge is 2.45. The predicted molar refractivity (Wildman–Crippen MR) is 132 cm³/mol. The van der Waals surface area contributed by atoms with Gasteiger partial charge in [-0.3, -0.25) is 9.36 Å². The summed E-state index contributed by atoms with van der Waals surface area (Å²) >= 11 is 7.15. The molecule has 2 fully saturated rings. The number of aromatic nitrogens is 2. The van der Waals surface area contributed by atoms with Crippen LogP contribution >= 0.6 is 22.9 Å². The van der Waals surface area contributed by atoms with E-state index in [2.05, 4.69) is 22.3 Å². The van der Waals surface area contributed by atoms with E-state index in [0.29, 0.717) is 33.6 Å². The molecule has 1 aromatic carbocycles. The summed E-state index contributed by atoms with van der Waals surface area (Å²) in [5, 5.41) is 14.0. The number of thiophene rings is 1. The van der Waals surface area contributed by atoms with Crippen LogP contribution in [-0.4, -0.2) is 44.7 Å². The van der Waals surface area contributed by atoms with Crippen LogP contribution in [0.5, 0.6) is 5.88 Å². The van der Waals surface area contributed by atoms with Crippen LogP contribution in [0, 0.1) is 0 Å². The predicted octanol–water partition coefficient (Wildman–Crippen LogP) is 4.06. The number of hydrogen-bond donors (Lipinski definition) is 2. The van der Waals surface area contributed by atoms with Crippen LogP contribution in [0.3, 0.4) is 0 Å². The fraction of sp³-hybridized carbons (Fsp3) is 0.440. The summed E-state index contributed by atoms with van der Waals surface area (Å²) < 4.78 is 3.45. The van der Waals surface area contributed by atoms with Crippen molar-refractivity contribution in [3.8, 4) is 11.6 Å². The molecule has 1 saturated heterocycles. The Balaban J connectivity index is 1.25. The number of halogens is 1. The first-order valence-electron chi connectivity index (χ1n) is 11.9. The number of rotatable bonds is 6. The topological polar surface area (TPSA) is 79.5 Å². The molecule has 3 aromatic rings. The average Bonchev–Trinajstić information content (AvgIpc) is 3.22. The van der Waals surface area contributed by atoms with Gasteiger partial charge in [0.1, 0.15) is 5.69 Å². The molecule has 2 aliphatic heterocycles. The molecule has 1 saturated carbocycles. The third-order valence-corrected chi connectivity index (χ3v) is 8.77. The first kappa shape index (κ1) is 21.9. The zero-order valence-corrected chi connectivity index (χ0v) is 20.4.